The van der Waals surface area contributed by atoms with Gasteiger partial charge in [0.05, 0.1) is 30.0 Å². The van der Waals surface area contributed by atoms with Crippen molar-refractivity contribution in [2.45, 2.75) is 178 Å². The molecular formula is C47H87N7O9. The summed E-state index contributed by atoms with van der Waals surface area (Å²) < 4.78 is 33.1. The number of carbonyl (C=O) groups excluding carboxylic acids is 3. The maximum atomic E-state index is 14.3. The van der Waals surface area contributed by atoms with Crippen LogP contribution in [0.15, 0.2) is 30.5 Å². The lowest BCUT2D eigenvalue weighted by Crippen LogP contribution is -2.59. The van der Waals surface area contributed by atoms with Crippen molar-refractivity contribution in [3.05, 3.63) is 30.5 Å². The zero-order valence-electron chi connectivity index (χ0n) is 36.1. The van der Waals surface area contributed by atoms with Gasteiger partial charge in [0.25, 0.3) is 0 Å². The van der Waals surface area contributed by atoms with Gasteiger partial charge in [0, 0.05) is 50.0 Å². The van der Waals surface area contributed by atoms with Crippen LogP contribution in [0.25, 0.3) is 11.3 Å². The number of nitrogens with one attached hydrogen (secondary N) is 1. The van der Waals surface area contributed by atoms with E-state index in [-0.39, 0.29) is 55.2 Å². The number of carbonyl (C=O) groups is 3. The number of esters is 1. The van der Waals surface area contributed by atoms with Crippen molar-refractivity contribution >= 4 is 23.5 Å². The van der Waals surface area contributed by atoms with Gasteiger partial charge in [0.2, 0.25) is 0 Å². The predicted octanol–water partition coefficient (Wildman–Crippen LogP) is 7.08. The monoisotopic (exact) mass is 894 g/mol. The number of fused-ring (bicyclic) bond motifs is 1. The van der Waals surface area contributed by atoms with Crippen LogP contribution in [0, 0.1) is 17.8 Å². The van der Waals surface area contributed by atoms with Gasteiger partial charge in [-0.2, -0.15) is 0 Å². The van der Waals surface area contributed by atoms with Gasteiger partial charge < -0.3 is 44.7 Å². The third-order valence-corrected chi connectivity index (χ3v) is 12.5. The molecule has 1 aromatic heterocycles. The summed E-state index contributed by atoms with van der Waals surface area (Å²) in [7, 11) is 5.39. The van der Waals surface area contributed by atoms with Crippen LogP contribution < -0.4 is 11.1 Å². The molecule has 63 heavy (non-hydrogen) atoms. The van der Waals surface area contributed by atoms with Crippen molar-refractivity contribution in [1.82, 2.24) is 30.1 Å². The summed E-state index contributed by atoms with van der Waals surface area (Å²) in [5, 5.41) is 23.6. The Hall–Kier alpha value is -3.67. The number of aliphatic hydroxyl groups excluding tert-OH is 1. The van der Waals surface area contributed by atoms with Gasteiger partial charge in [-0.25, -0.2) is 4.79 Å². The van der Waals surface area contributed by atoms with Crippen LogP contribution in [0.1, 0.15) is 118 Å². The number of unbranched alkanes of at least 4 members (excludes halogenated alkanes) is 1. The number of hydrogen-bond donors (Lipinski definition) is 3. The highest BCUT2D eigenvalue weighted by Gasteiger charge is 2.57. The average Bonchev–Trinajstić information content (AvgIpc) is 3.75. The van der Waals surface area contributed by atoms with Crippen molar-refractivity contribution in [2.24, 2.45) is 17.8 Å². The molecule has 1 amide bonds. The second-order valence-corrected chi connectivity index (χ2v) is 17.3. The highest BCUT2D eigenvalue weighted by Crippen LogP contribution is 2.39. The van der Waals surface area contributed by atoms with Gasteiger partial charge in [-0.15, -0.1) is 5.10 Å². The number of likely N-dealkylation sites (N-methyl/N-ethyl adjacent to an activating group) is 1. The van der Waals surface area contributed by atoms with E-state index in [9.17, 15) is 19.5 Å². The molecule has 0 bridgehead atoms. The number of ketones is 1. The Balaban J connectivity index is 0.00000769. The van der Waals surface area contributed by atoms with Gasteiger partial charge >= 0.3 is 12.1 Å². The van der Waals surface area contributed by atoms with E-state index >= 15 is 0 Å². The molecule has 0 radical (unpaired) electrons. The number of benzene rings is 1. The number of ether oxygens (including phenoxy) is 5. The van der Waals surface area contributed by atoms with Gasteiger partial charge in [-0.05, 0) is 98.5 Å². The molecule has 0 spiro atoms. The molecule has 3 aliphatic rings. The number of aliphatic hydroxyl groups is 1. The van der Waals surface area contributed by atoms with Crippen LogP contribution in [-0.2, 0) is 39.8 Å². The Morgan fingerprint density at radius 2 is 1.68 bits per heavy atom. The van der Waals surface area contributed by atoms with Crippen molar-refractivity contribution in [2.75, 3.05) is 46.6 Å². The zero-order valence-corrected chi connectivity index (χ0v) is 36.1. The molecule has 0 saturated carbocycles. The fourth-order valence-corrected chi connectivity index (χ4v) is 9.03. The van der Waals surface area contributed by atoms with E-state index in [0.29, 0.717) is 57.5 Å². The number of aromatic nitrogens is 3. The number of cyclic esters (lactones) is 1. The summed E-state index contributed by atoms with van der Waals surface area (Å²) >= 11 is 0. The Kier molecular flexibility index (Phi) is 23.7. The van der Waals surface area contributed by atoms with Crippen LogP contribution in [0.3, 0.4) is 0 Å². The van der Waals surface area contributed by atoms with Gasteiger partial charge in [-0.1, -0.05) is 75.3 Å². The van der Waals surface area contributed by atoms with Gasteiger partial charge in [0.15, 0.2) is 17.7 Å². The van der Waals surface area contributed by atoms with E-state index in [4.69, 9.17) is 29.4 Å². The number of nitrogens with two attached hydrogens (primary N) is 1. The minimum atomic E-state index is -1.20. The second-order valence-electron chi connectivity index (χ2n) is 17.3. The first-order valence-electron chi connectivity index (χ1n) is 20.8. The lowest BCUT2D eigenvalue weighted by Gasteiger charge is -2.46. The summed E-state index contributed by atoms with van der Waals surface area (Å²) in [4.78, 5) is 45.6. The van der Waals surface area contributed by atoms with Gasteiger partial charge in [-0.3, -0.25) is 19.2 Å². The molecule has 0 aliphatic carbocycles. The van der Waals surface area contributed by atoms with Crippen LogP contribution in [0.2, 0.25) is 0 Å². The second kappa shape index (κ2) is 25.1. The van der Waals surface area contributed by atoms with Crippen LogP contribution in [0.4, 0.5) is 10.5 Å². The summed E-state index contributed by atoms with van der Waals surface area (Å²) in [6.07, 6.45) is 0.259. The number of hydrogen-bond acceptors (Lipinski definition) is 14. The number of rotatable bonds is 11. The fraction of sp³-hybridized carbons (Fsp3) is 0.766. The molecule has 16 heteroatoms. The number of aryl methyl sites for hydroxylation is 1. The Labute approximate surface area is 380 Å². The number of Topliss-reactive ketones (excluding diaryl/α,β-unsaturated/α-hetero) is 1. The Morgan fingerprint density at radius 1 is 1.02 bits per heavy atom. The fourth-order valence-electron chi connectivity index (χ4n) is 9.03. The summed E-state index contributed by atoms with van der Waals surface area (Å²) in [5.74, 6) is -3.13. The van der Waals surface area contributed by atoms with E-state index < -0.39 is 71.5 Å². The molecule has 2 aromatic rings. The molecule has 4 N–H and O–H groups in total. The van der Waals surface area contributed by atoms with Crippen molar-refractivity contribution < 1.29 is 43.2 Å². The Morgan fingerprint density at radius 3 is 2.30 bits per heavy atom. The van der Waals surface area contributed by atoms with E-state index in [1.54, 1.807) is 23.6 Å². The summed E-state index contributed by atoms with van der Waals surface area (Å²) in [5.41, 5.74) is 5.98. The van der Waals surface area contributed by atoms with Crippen LogP contribution >= 0.6 is 0 Å². The van der Waals surface area contributed by atoms with Crippen LogP contribution in [-0.4, -0.2) is 143 Å². The minimum absolute atomic E-state index is 0. The highest BCUT2D eigenvalue weighted by atomic mass is 16.7. The molecule has 364 valence electrons. The third kappa shape index (κ3) is 13.4. The quantitative estimate of drug-likeness (QED) is 0.0897. The summed E-state index contributed by atoms with van der Waals surface area (Å²) in [6, 6.07) is 6.78. The molecule has 12 atom stereocenters. The van der Waals surface area contributed by atoms with Crippen molar-refractivity contribution in [1.29, 1.82) is 0 Å². The lowest BCUT2D eigenvalue weighted by atomic mass is 9.78. The zero-order chi connectivity index (χ0) is 42.5. The molecule has 4 heterocycles. The first kappa shape index (κ1) is 59.3. The van der Waals surface area contributed by atoms with E-state index in [1.165, 1.54) is 6.92 Å². The normalized spacial score (nSPS) is 32.8. The first-order valence-corrected chi connectivity index (χ1v) is 20.8. The standard InChI is InChI=1S/C42H67N7O9.5CH4/c1-11-34-42(7)33(49(40(53)58-42)18-13-12-17-48-24-31(45-46-48)29-15-14-16-30(43)20-29)23-44-22-25(2)21-41(6,54-10)37(27(4)35(50)28(5)38(52)56-34)57-39-36(51)32(47(8)9)19-26(3)55-39;;;;;/h14-16,20,24-28,32-34,36-37,39,44,51H,11-13,17-19,21-23,43H2,1-10H3;5*1H4/t25-,26?,27+,28-,32?,33-,34-,36?,37-,39+,41-,42+;;;;;/m1...../s1. The number of nitrogens with zero attached hydrogens (tertiary/aromatic N) is 5. The lowest BCUT2D eigenvalue weighted by molar-refractivity contribution is -0.295. The summed E-state index contributed by atoms with van der Waals surface area (Å²) in [6.45, 7) is 14.8. The number of methoxy groups -OCH3 is 1. The first-order chi connectivity index (χ1) is 27.4. The van der Waals surface area contributed by atoms with E-state index in [0.717, 1.165) is 17.7 Å². The third-order valence-electron chi connectivity index (χ3n) is 12.5. The highest BCUT2D eigenvalue weighted by molar-refractivity contribution is 6.00. The molecule has 3 fully saturated rings. The SMILES string of the molecule is C.C.C.C.C.CC[C@H]1OC(=O)[C@H](C)C(=O)[C@H](C)[C@@H](O[C@@H]2OC(C)CC(N(C)C)C2O)[C@](C)(OC)C[C@@H](C)CNC[C@H]2N(CCCCn3cc(-c4cccc(N)c4)nn3)C(=O)O[C@]12C. The molecule has 5 rings (SSSR count). The largest absolute Gasteiger partial charge is 0.458 e. The Bertz CT molecular complexity index is 1710. The van der Waals surface area contributed by atoms with Crippen molar-refractivity contribution in [3.8, 4) is 11.3 Å². The van der Waals surface area contributed by atoms with Crippen molar-refractivity contribution in [3.63, 3.8) is 0 Å². The average molecular weight is 894 g/mol. The van der Waals surface area contributed by atoms with Crippen LogP contribution in [0.5, 0.6) is 0 Å². The molecule has 3 aliphatic heterocycles. The predicted molar refractivity (Wildman–Crippen MR) is 251 cm³/mol. The molecular weight excluding hydrogens is 807 g/mol. The maximum absolute atomic E-state index is 14.3. The maximum Gasteiger partial charge on any atom is 0.410 e. The minimum Gasteiger partial charge on any atom is -0.458 e. The number of anilines is 1. The van der Waals surface area contributed by atoms with Gasteiger partial charge in [0.1, 0.15) is 23.8 Å². The number of amides is 1. The molecule has 3 unspecified atom stereocenters. The topological polar surface area (TPSA) is 193 Å². The molecule has 3 saturated heterocycles. The molecule has 1 aromatic carbocycles. The van der Waals surface area contributed by atoms with E-state index in [2.05, 4.69) is 22.6 Å². The molecule has 16 nitrogen and oxygen atoms in total. The van der Waals surface area contributed by atoms with E-state index in [1.807, 2.05) is 77.2 Å². The number of nitrogen functional groups attached to an aromatic ring is 1. The smallest absolute Gasteiger partial charge is 0.410 e.